The number of methoxy groups -OCH3 is 1. The third-order valence-corrected chi connectivity index (χ3v) is 2.95. The Balaban J connectivity index is 3.18. The minimum absolute atomic E-state index is 0.409. The molecule has 0 aliphatic rings. The third-order valence-electron chi connectivity index (χ3n) is 1.46. The quantitative estimate of drug-likeness (QED) is 0.597. The van der Waals surface area contributed by atoms with E-state index in [2.05, 4.69) is 22.6 Å². The Morgan fingerprint density at radius 2 is 2.17 bits per heavy atom. The Kier molecular flexibility index (Phi) is 3.93. The molecule has 0 fully saturated rings. The van der Waals surface area contributed by atoms with Gasteiger partial charge < -0.3 is 4.74 Å². The van der Waals surface area contributed by atoms with E-state index in [0.29, 0.717) is 10.9 Å². The van der Waals surface area contributed by atoms with E-state index < -0.39 is 0 Å². The highest BCUT2D eigenvalue weighted by Crippen LogP contribution is 2.28. The van der Waals surface area contributed by atoms with Crippen LogP contribution in [0.25, 0.3) is 0 Å². The van der Waals surface area contributed by atoms with E-state index in [0.717, 1.165) is 14.9 Å². The van der Waals surface area contributed by atoms with E-state index in [1.165, 1.54) is 0 Å². The van der Waals surface area contributed by atoms with Crippen molar-refractivity contribution >= 4 is 45.8 Å². The summed E-state index contributed by atoms with van der Waals surface area (Å²) < 4.78 is 6.11. The van der Waals surface area contributed by atoms with Gasteiger partial charge in [-0.05, 0) is 40.3 Å². The summed E-state index contributed by atoms with van der Waals surface area (Å²) >= 11 is 13.8. The Morgan fingerprint density at radius 1 is 1.50 bits per heavy atom. The summed E-state index contributed by atoms with van der Waals surface area (Å²) in [7, 11) is 1.63. The molecule has 0 aromatic heterocycles. The maximum atomic E-state index is 5.91. The molecule has 0 unspecified atom stereocenters. The Bertz CT molecular complexity index is 263. The summed E-state index contributed by atoms with van der Waals surface area (Å²) in [5.74, 6) is 1.22. The van der Waals surface area contributed by atoms with Gasteiger partial charge in [0.25, 0.3) is 0 Å². The number of hydrogen-bond donors (Lipinski definition) is 0. The second-order valence-electron chi connectivity index (χ2n) is 2.21. The first-order valence-electron chi connectivity index (χ1n) is 3.27. The van der Waals surface area contributed by atoms with E-state index >= 15 is 0 Å². The molecule has 0 saturated heterocycles. The highest BCUT2D eigenvalue weighted by molar-refractivity contribution is 14.1. The zero-order valence-corrected chi connectivity index (χ0v) is 10.1. The molecule has 0 aliphatic carbocycles. The van der Waals surface area contributed by atoms with Crippen molar-refractivity contribution in [1.82, 2.24) is 0 Å². The molecule has 1 aromatic rings. The van der Waals surface area contributed by atoms with Crippen molar-refractivity contribution < 1.29 is 4.74 Å². The minimum Gasteiger partial charge on any atom is -0.496 e. The van der Waals surface area contributed by atoms with Crippen molar-refractivity contribution in [1.29, 1.82) is 0 Å². The highest BCUT2D eigenvalue weighted by Gasteiger charge is 2.05. The molecule has 0 atom stereocenters. The molecule has 0 saturated carbocycles. The summed E-state index contributed by atoms with van der Waals surface area (Å²) in [5.41, 5.74) is 0.899. The van der Waals surface area contributed by atoms with Gasteiger partial charge >= 0.3 is 0 Å². The lowest BCUT2D eigenvalue weighted by Gasteiger charge is -2.06. The van der Waals surface area contributed by atoms with Crippen molar-refractivity contribution in [2.75, 3.05) is 7.11 Å². The lowest BCUT2D eigenvalue weighted by molar-refractivity contribution is 0.411. The molecular weight excluding hydrogens is 310 g/mol. The normalized spacial score (nSPS) is 10.0. The predicted molar refractivity (Wildman–Crippen MR) is 60.3 cm³/mol. The molecule has 1 rings (SSSR count). The fourth-order valence-corrected chi connectivity index (χ4v) is 2.22. The lowest BCUT2D eigenvalue weighted by atomic mass is 10.2. The standard InChI is InChI=1S/C8H7Cl2IO/c1-12-8-2-5(4-9)6(10)3-7(8)11/h2-3H,4H2,1H3. The molecule has 1 nitrogen and oxygen atoms in total. The van der Waals surface area contributed by atoms with Crippen molar-refractivity contribution in [2.45, 2.75) is 5.88 Å². The molecule has 12 heavy (non-hydrogen) atoms. The Morgan fingerprint density at radius 3 is 2.67 bits per heavy atom. The molecular formula is C8H7Cl2IO. The van der Waals surface area contributed by atoms with Gasteiger partial charge in [0.2, 0.25) is 0 Å². The van der Waals surface area contributed by atoms with Crippen LogP contribution in [-0.4, -0.2) is 7.11 Å². The summed E-state index contributed by atoms with van der Waals surface area (Å²) in [5, 5.41) is 0.690. The van der Waals surface area contributed by atoms with Crippen LogP contribution in [0.3, 0.4) is 0 Å². The van der Waals surface area contributed by atoms with E-state index in [9.17, 15) is 0 Å². The maximum absolute atomic E-state index is 5.91. The van der Waals surface area contributed by atoms with Crippen LogP contribution in [0.1, 0.15) is 5.56 Å². The zero-order chi connectivity index (χ0) is 9.14. The summed E-state index contributed by atoms with van der Waals surface area (Å²) in [4.78, 5) is 0. The topological polar surface area (TPSA) is 9.23 Å². The third kappa shape index (κ3) is 2.18. The number of ether oxygens (including phenoxy) is 1. The highest BCUT2D eigenvalue weighted by atomic mass is 127. The summed E-state index contributed by atoms with van der Waals surface area (Å²) in [6, 6.07) is 3.70. The Hall–Kier alpha value is 0.330. The van der Waals surface area contributed by atoms with Crippen LogP contribution >= 0.6 is 45.8 Å². The van der Waals surface area contributed by atoms with E-state index in [1.54, 1.807) is 7.11 Å². The van der Waals surface area contributed by atoms with Gasteiger partial charge in [-0.25, -0.2) is 0 Å². The number of alkyl halides is 1. The number of halogens is 3. The van der Waals surface area contributed by atoms with Gasteiger partial charge in [0, 0.05) is 10.9 Å². The van der Waals surface area contributed by atoms with Gasteiger partial charge in [-0.1, -0.05) is 11.6 Å². The first kappa shape index (κ1) is 10.4. The average molecular weight is 317 g/mol. The second-order valence-corrected chi connectivity index (χ2v) is 4.05. The maximum Gasteiger partial charge on any atom is 0.132 e. The first-order valence-corrected chi connectivity index (χ1v) is 5.26. The molecule has 0 bridgehead atoms. The molecule has 0 radical (unpaired) electrons. The largest absolute Gasteiger partial charge is 0.496 e. The fourth-order valence-electron chi connectivity index (χ4n) is 0.830. The van der Waals surface area contributed by atoms with Gasteiger partial charge in [0.15, 0.2) is 0 Å². The molecule has 0 amide bonds. The van der Waals surface area contributed by atoms with Gasteiger partial charge in [0.1, 0.15) is 5.75 Å². The van der Waals surface area contributed by atoms with Crippen molar-refractivity contribution in [2.24, 2.45) is 0 Å². The minimum atomic E-state index is 0.409. The van der Waals surface area contributed by atoms with E-state index in [1.807, 2.05) is 12.1 Å². The van der Waals surface area contributed by atoms with Crippen LogP contribution in [0.15, 0.2) is 12.1 Å². The monoisotopic (exact) mass is 316 g/mol. The smallest absolute Gasteiger partial charge is 0.132 e. The molecule has 0 spiro atoms. The SMILES string of the molecule is COc1cc(CCl)c(Cl)cc1I. The van der Waals surface area contributed by atoms with E-state index in [-0.39, 0.29) is 0 Å². The van der Waals surface area contributed by atoms with Crippen LogP contribution in [0.4, 0.5) is 0 Å². The van der Waals surface area contributed by atoms with Crippen LogP contribution in [-0.2, 0) is 5.88 Å². The van der Waals surface area contributed by atoms with Gasteiger partial charge in [-0.2, -0.15) is 0 Å². The molecule has 66 valence electrons. The molecule has 0 N–H and O–H groups in total. The molecule has 1 aromatic carbocycles. The second kappa shape index (κ2) is 4.53. The fraction of sp³-hybridized carbons (Fsp3) is 0.250. The van der Waals surface area contributed by atoms with E-state index in [4.69, 9.17) is 27.9 Å². The van der Waals surface area contributed by atoms with Crippen LogP contribution in [0.5, 0.6) is 5.75 Å². The van der Waals surface area contributed by atoms with Gasteiger partial charge in [-0.15, -0.1) is 11.6 Å². The first-order chi connectivity index (χ1) is 5.69. The van der Waals surface area contributed by atoms with Crippen LogP contribution in [0, 0.1) is 3.57 Å². The van der Waals surface area contributed by atoms with Crippen molar-refractivity contribution in [3.05, 3.63) is 26.3 Å². The van der Waals surface area contributed by atoms with Gasteiger partial charge in [-0.3, -0.25) is 0 Å². The number of benzene rings is 1. The van der Waals surface area contributed by atoms with Crippen molar-refractivity contribution in [3.8, 4) is 5.75 Å². The lowest BCUT2D eigenvalue weighted by Crippen LogP contribution is -1.89. The van der Waals surface area contributed by atoms with Crippen LogP contribution < -0.4 is 4.74 Å². The average Bonchev–Trinajstić information content (AvgIpc) is 2.05. The molecule has 0 heterocycles. The Labute approximate surface area is 95.1 Å². The molecule has 4 heteroatoms. The zero-order valence-electron chi connectivity index (χ0n) is 6.40. The molecule has 0 aliphatic heterocycles. The predicted octanol–water partition coefficient (Wildman–Crippen LogP) is 3.69. The van der Waals surface area contributed by atoms with Crippen LogP contribution in [0.2, 0.25) is 5.02 Å². The summed E-state index contributed by atoms with van der Waals surface area (Å²) in [6.07, 6.45) is 0. The van der Waals surface area contributed by atoms with Gasteiger partial charge in [0.05, 0.1) is 10.7 Å². The number of hydrogen-bond acceptors (Lipinski definition) is 1. The van der Waals surface area contributed by atoms with Crippen molar-refractivity contribution in [3.63, 3.8) is 0 Å². The number of rotatable bonds is 2. The summed E-state index contributed by atoms with van der Waals surface area (Å²) in [6.45, 7) is 0.